The van der Waals surface area contributed by atoms with E-state index in [4.69, 9.17) is 24.3 Å². The molecule has 1 saturated heterocycles. The molecule has 0 bridgehead atoms. The topological polar surface area (TPSA) is 100 Å². The Kier molecular flexibility index (Phi) is 6.15. The number of carbonyl (C=O) groups is 1. The minimum absolute atomic E-state index is 0.0334. The van der Waals surface area contributed by atoms with Gasteiger partial charge in [0, 0.05) is 56.3 Å². The molecule has 4 heterocycles. The van der Waals surface area contributed by atoms with Crippen LogP contribution in [0.2, 0.25) is 0 Å². The second-order valence-corrected chi connectivity index (χ2v) is 7.77. The normalized spacial score (nSPS) is 17.1. The standard InChI is InChI=1S/C22H27N5O4/c1-13(29-4)11-31-17-7-19(16-5-6-30-12-16)25-22(8-17)27-20-9-21(24-15(3)28)23-10-18(20)14(2)26-27/h7-10,13,16H,5-6,11-12H2,1-4H3,(H,23,24,28). The van der Waals surface area contributed by atoms with Crippen LogP contribution in [0.1, 0.15) is 37.6 Å². The molecule has 0 saturated carbocycles. The third-order valence-electron chi connectivity index (χ3n) is 5.31. The first kappa shape index (κ1) is 21.2. The molecule has 31 heavy (non-hydrogen) atoms. The van der Waals surface area contributed by atoms with Gasteiger partial charge in [-0.2, -0.15) is 5.10 Å². The lowest BCUT2D eigenvalue weighted by molar-refractivity contribution is -0.114. The monoisotopic (exact) mass is 425 g/mol. The summed E-state index contributed by atoms with van der Waals surface area (Å²) in [5, 5.41) is 8.31. The molecule has 2 atom stereocenters. The van der Waals surface area contributed by atoms with Crippen LogP contribution in [0.3, 0.4) is 0 Å². The van der Waals surface area contributed by atoms with E-state index >= 15 is 0 Å². The van der Waals surface area contributed by atoms with Crippen LogP contribution in [-0.2, 0) is 14.3 Å². The first-order chi connectivity index (χ1) is 14.9. The van der Waals surface area contributed by atoms with Gasteiger partial charge in [-0.05, 0) is 20.3 Å². The van der Waals surface area contributed by atoms with E-state index in [1.807, 2.05) is 26.0 Å². The summed E-state index contributed by atoms with van der Waals surface area (Å²) in [6, 6.07) is 5.64. The number of nitrogens with one attached hydrogen (secondary N) is 1. The Balaban J connectivity index is 1.79. The molecule has 3 aromatic rings. The van der Waals surface area contributed by atoms with E-state index in [0.717, 1.165) is 35.3 Å². The van der Waals surface area contributed by atoms with Crippen molar-refractivity contribution < 1.29 is 19.0 Å². The number of pyridine rings is 2. The molecular weight excluding hydrogens is 398 g/mol. The summed E-state index contributed by atoms with van der Waals surface area (Å²) in [7, 11) is 1.66. The Morgan fingerprint density at radius 3 is 2.94 bits per heavy atom. The zero-order chi connectivity index (χ0) is 22.0. The molecular formula is C22H27N5O4. The summed E-state index contributed by atoms with van der Waals surface area (Å²) in [4.78, 5) is 20.7. The average Bonchev–Trinajstić information content (AvgIpc) is 3.40. The van der Waals surface area contributed by atoms with Crippen molar-refractivity contribution in [2.24, 2.45) is 0 Å². The number of methoxy groups -OCH3 is 1. The third-order valence-corrected chi connectivity index (χ3v) is 5.31. The highest BCUT2D eigenvalue weighted by Crippen LogP contribution is 2.30. The maximum Gasteiger partial charge on any atom is 0.222 e. The van der Waals surface area contributed by atoms with E-state index in [-0.39, 0.29) is 17.9 Å². The predicted molar refractivity (Wildman–Crippen MR) is 116 cm³/mol. The number of amides is 1. The minimum atomic E-state index is -0.182. The second-order valence-electron chi connectivity index (χ2n) is 7.77. The van der Waals surface area contributed by atoms with Crippen LogP contribution in [-0.4, -0.2) is 58.7 Å². The fourth-order valence-corrected chi connectivity index (χ4v) is 3.54. The molecule has 164 valence electrons. The number of anilines is 1. The molecule has 1 N–H and O–H groups in total. The van der Waals surface area contributed by atoms with E-state index in [1.54, 1.807) is 24.1 Å². The van der Waals surface area contributed by atoms with Crippen molar-refractivity contribution in [3.8, 4) is 11.6 Å². The van der Waals surface area contributed by atoms with Crippen molar-refractivity contribution >= 4 is 22.6 Å². The number of fused-ring (bicyclic) bond motifs is 1. The van der Waals surface area contributed by atoms with Crippen LogP contribution in [0.5, 0.6) is 5.75 Å². The molecule has 1 aliphatic rings. The fourth-order valence-electron chi connectivity index (χ4n) is 3.54. The molecule has 0 radical (unpaired) electrons. The van der Waals surface area contributed by atoms with Crippen molar-refractivity contribution in [3.05, 3.63) is 35.8 Å². The fraction of sp³-hybridized carbons (Fsp3) is 0.455. The van der Waals surface area contributed by atoms with Crippen LogP contribution in [0, 0.1) is 6.92 Å². The van der Waals surface area contributed by atoms with Crippen LogP contribution >= 0.6 is 0 Å². The highest BCUT2D eigenvalue weighted by atomic mass is 16.5. The quantitative estimate of drug-likeness (QED) is 0.621. The first-order valence-corrected chi connectivity index (χ1v) is 10.3. The number of aryl methyl sites for hydroxylation is 1. The van der Waals surface area contributed by atoms with Gasteiger partial charge in [0.25, 0.3) is 0 Å². The summed E-state index contributed by atoms with van der Waals surface area (Å²) in [6.07, 6.45) is 2.60. The number of hydrogen-bond donors (Lipinski definition) is 1. The molecule has 1 aliphatic heterocycles. The second kappa shape index (κ2) is 8.99. The van der Waals surface area contributed by atoms with E-state index < -0.39 is 0 Å². The van der Waals surface area contributed by atoms with Crippen LogP contribution < -0.4 is 10.1 Å². The Labute approximate surface area is 180 Å². The molecule has 0 aliphatic carbocycles. The lowest BCUT2D eigenvalue weighted by Crippen LogP contribution is -2.16. The third kappa shape index (κ3) is 4.67. The van der Waals surface area contributed by atoms with Gasteiger partial charge in [0.2, 0.25) is 5.91 Å². The van der Waals surface area contributed by atoms with Crippen LogP contribution in [0.4, 0.5) is 5.82 Å². The van der Waals surface area contributed by atoms with Gasteiger partial charge in [0.15, 0.2) is 5.82 Å². The summed E-state index contributed by atoms with van der Waals surface area (Å²) in [5.74, 6) is 1.84. The van der Waals surface area contributed by atoms with Crippen molar-refractivity contribution in [2.75, 3.05) is 32.2 Å². The highest BCUT2D eigenvalue weighted by molar-refractivity contribution is 5.91. The molecule has 0 spiro atoms. The SMILES string of the molecule is COC(C)COc1cc(C2CCOC2)nc(-n2nc(C)c3cnc(NC(C)=O)cc32)c1. The molecule has 0 aromatic carbocycles. The van der Waals surface area contributed by atoms with Gasteiger partial charge < -0.3 is 19.5 Å². The maximum absolute atomic E-state index is 11.5. The van der Waals surface area contributed by atoms with Gasteiger partial charge in [0.1, 0.15) is 18.2 Å². The zero-order valence-electron chi connectivity index (χ0n) is 18.2. The van der Waals surface area contributed by atoms with Crippen molar-refractivity contribution in [2.45, 2.75) is 39.2 Å². The number of nitrogens with zero attached hydrogens (tertiary/aromatic N) is 4. The highest BCUT2D eigenvalue weighted by Gasteiger charge is 2.22. The van der Waals surface area contributed by atoms with Gasteiger partial charge in [0.05, 0.1) is 29.6 Å². The number of carbonyl (C=O) groups excluding carboxylic acids is 1. The van der Waals surface area contributed by atoms with Gasteiger partial charge in [-0.3, -0.25) is 4.79 Å². The van der Waals surface area contributed by atoms with E-state index in [1.165, 1.54) is 6.92 Å². The molecule has 2 unspecified atom stereocenters. The van der Waals surface area contributed by atoms with Crippen molar-refractivity contribution in [1.82, 2.24) is 19.7 Å². The Hall–Kier alpha value is -3.04. The predicted octanol–water partition coefficient (Wildman–Crippen LogP) is 3.00. The number of hydrogen-bond acceptors (Lipinski definition) is 7. The van der Waals surface area contributed by atoms with Gasteiger partial charge >= 0.3 is 0 Å². The van der Waals surface area contributed by atoms with Gasteiger partial charge in [-0.15, -0.1) is 0 Å². The zero-order valence-corrected chi connectivity index (χ0v) is 18.2. The molecule has 3 aromatic heterocycles. The number of rotatable bonds is 7. The maximum atomic E-state index is 11.5. The van der Waals surface area contributed by atoms with Crippen LogP contribution in [0.15, 0.2) is 24.4 Å². The van der Waals surface area contributed by atoms with E-state index in [2.05, 4.69) is 10.3 Å². The van der Waals surface area contributed by atoms with E-state index in [0.29, 0.717) is 30.6 Å². The average molecular weight is 425 g/mol. The summed E-state index contributed by atoms with van der Waals surface area (Å²) in [5.41, 5.74) is 2.54. The lowest BCUT2D eigenvalue weighted by atomic mass is 10.0. The molecule has 9 heteroatoms. The Bertz CT molecular complexity index is 1090. The first-order valence-electron chi connectivity index (χ1n) is 10.3. The van der Waals surface area contributed by atoms with Crippen LogP contribution in [0.25, 0.3) is 16.7 Å². The van der Waals surface area contributed by atoms with Gasteiger partial charge in [-0.1, -0.05) is 0 Å². The van der Waals surface area contributed by atoms with Crippen molar-refractivity contribution in [3.63, 3.8) is 0 Å². The minimum Gasteiger partial charge on any atom is -0.491 e. The lowest BCUT2D eigenvalue weighted by Gasteiger charge is -2.15. The smallest absolute Gasteiger partial charge is 0.222 e. The van der Waals surface area contributed by atoms with Gasteiger partial charge in [-0.25, -0.2) is 14.6 Å². The number of aromatic nitrogens is 4. The Morgan fingerprint density at radius 1 is 1.39 bits per heavy atom. The molecule has 4 rings (SSSR count). The Morgan fingerprint density at radius 2 is 2.23 bits per heavy atom. The van der Waals surface area contributed by atoms with Crippen molar-refractivity contribution in [1.29, 1.82) is 0 Å². The largest absolute Gasteiger partial charge is 0.491 e. The molecule has 1 fully saturated rings. The summed E-state index contributed by atoms with van der Waals surface area (Å²) in [6.45, 7) is 7.12. The summed E-state index contributed by atoms with van der Waals surface area (Å²) < 4.78 is 18.6. The van der Waals surface area contributed by atoms with E-state index in [9.17, 15) is 4.79 Å². The summed E-state index contributed by atoms with van der Waals surface area (Å²) >= 11 is 0. The molecule has 1 amide bonds. The number of ether oxygens (including phenoxy) is 3. The molecule has 9 nitrogen and oxygen atoms in total.